The summed E-state index contributed by atoms with van der Waals surface area (Å²) < 4.78 is 6.81. The molecule has 0 spiro atoms. The minimum absolute atomic E-state index is 0. The van der Waals surface area contributed by atoms with E-state index in [9.17, 15) is 0 Å². The molecule has 0 saturated carbocycles. The Kier molecular flexibility index (Phi) is 6.93. The van der Waals surface area contributed by atoms with Crippen molar-refractivity contribution in [1.82, 2.24) is 5.32 Å². The predicted molar refractivity (Wildman–Crippen MR) is 77.1 cm³/mol. The molecule has 1 heterocycles. The maximum atomic E-state index is 5.74. The number of ether oxygens (including phenoxy) is 1. The first-order valence-corrected chi connectivity index (χ1v) is 6.73. The Bertz CT molecular complexity index is 329. The van der Waals surface area contributed by atoms with Gasteiger partial charge in [0.15, 0.2) is 0 Å². The van der Waals surface area contributed by atoms with Gasteiger partial charge in [0.05, 0.1) is 6.61 Å². The van der Waals surface area contributed by atoms with Crippen LogP contribution in [0.15, 0.2) is 28.7 Å². The van der Waals surface area contributed by atoms with Crippen LogP contribution in [0.2, 0.25) is 0 Å². The number of hydrogen-bond donors (Lipinski definition) is 1. The average Bonchev–Trinajstić information content (AvgIpc) is 2.30. The van der Waals surface area contributed by atoms with Crippen LogP contribution in [0, 0.1) is 5.92 Å². The van der Waals surface area contributed by atoms with E-state index in [-0.39, 0.29) is 12.4 Å². The van der Waals surface area contributed by atoms with E-state index >= 15 is 0 Å². The smallest absolute Gasteiger partial charge is 0.120 e. The topological polar surface area (TPSA) is 21.3 Å². The Morgan fingerprint density at radius 1 is 1.29 bits per heavy atom. The summed E-state index contributed by atoms with van der Waals surface area (Å²) in [6.45, 7) is 3.17. The fourth-order valence-electron chi connectivity index (χ4n) is 2.07. The fourth-order valence-corrected chi connectivity index (χ4v) is 2.45. The van der Waals surface area contributed by atoms with Gasteiger partial charge in [-0.1, -0.05) is 22.0 Å². The van der Waals surface area contributed by atoms with Crippen LogP contribution >= 0.6 is 28.3 Å². The highest BCUT2D eigenvalue weighted by molar-refractivity contribution is 9.10. The van der Waals surface area contributed by atoms with Crippen molar-refractivity contribution in [2.75, 3.05) is 19.7 Å². The molecule has 0 bridgehead atoms. The fraction of sp³-hybridized carbons (Fsp3) is 0.538. The molecule has 0 unspecified atom stereocenters. The van der Waals surface area contributed by atoms with Crippen LogP contribution in [-0.4, -0.2) is 19.7 Å². The van der Waals surface area contributed by atoms with Crippen molar-refractivity contribution >= 4 is 28.3 Å². The Labute approximate surface area is 118 Å². The molecule has 4 heteroatoms. The summed E-state index contributed by atoms with van der Waals surface area (Å²) in [7, 11) is 0. The lowest BCUT2D eigenvalue weighted by molar-refractivity contribution is 0.252. The summed E-state index contributed by atoms with van der Waals surface area (Å²) >= 11 is 3.44. The predicted octanol–water partition coefficient (Wildman–Crippen LogP) is 3.64. The monoisotopic (exact) mass is 319 g/mol. The minimum Gasteiger partial charge on any atom is -0.494 e. The summed E-state index contributed by atoms with van der Waals surface area (Å²) in [4.78, 5) is 0. The second kappa shape index (κ2) is 7.96. The van der Waals surface area contributed by atoms with Gasteiger partial charge in [-0.05, 0) is 56.5 Å². The first kappa shape index (κ1) is 14.8. The quantitative estimate of drug-likeness (QED) is 0.914. The zero-order valence-electron chi connectivity index (χ0n) is 9.82. The van der Waals surface area contributed by atoms with Gasteiger partial charge >= 0.3 is 0 Å². The number of nitrogens with one attached hydrogen (secondary N) is 1. The molecule has 96 valence electrons. The molecule has 2 nitrogen and oxygen atoms in total. The normalized spacial score (nSPS) is 16.3. The molecule has 1 N–H and O–H groups in total. The Morgan fingerprint density at radius 2 is 2.06 bits per heavy atom. The van der Waals surface area contributed by atoms with Crippen LogP contribution in [0.5, 0.6) is 5.75 Å². The molecule has 0 aromatic heterocycles. The molecule has 1 aliphatic heterocycles. The van der Waals surface area contributed by atoms with Gasteiger partial charge < -0.3 is 10.1 Å². The van der Waals surface area contributed by atoms with Crippen molar-refractivity contribution in [3.05, 3.63) is 28.7 Å². The largest absolute Gasteiger partial charge is 0.494 e. The maximum absolute atomic E-state index is 5.74. The Balaban J connectivity index is 0.00000144. The van der Waals surface area contributed by atoms with E-state index in [1.807, 2.05) is 24.3 Å². The van der Waals surface area contributed by atoms with Gasteiger partial charge in [-0.15, -0.1) is 12.4 Å². The molecule has 0 amide bonds. The van der Waals surface area contributed by atoms with E-state index < -0.39 is 0 Å². The zero-order valence-corrected chi connectivity index (χ0v) is 12.2. The molecule has 0 radical (unpaired) electrons. The van der Waals surface area contributed by atoms with E-state index in [2.05, 4.69) is 21.2 Å². The number of halogens is 2. The van der Waals surface area contributed by atoms with Crippen LogP contribution < -0.4 is 10.1 Å². The number of hydrogen-bond acceptors (Lipinski definition) is 2. The second-order valence-corrected chi connectivity index (χ2v) is 5.20. The molecule has 1 aliphatic rings. The molecule has 1 aromatic rings. The first-order chi connectivity index (χ1) is 7.84. The molecule has 1 saturated heterocycles. The minimum atomic E-state index is 0. The van der Waals surface area contributed by atoms with Gasteiger partial charge in [-0.25, -0.2) is 0 Å². The van der Waals surface area contributed by atoms with Gasteiger partial charge in [-0.3, -0.25) is 0 Å². The first-order valence-electron chi connectivity index (χ1n) is 5.94. The Hall–Kier alpha value is -0.250. The van der Waals surface area contributed by atoms with Crippen LogP contribution in [0.1, 0.15) is 19.3 Å². The molecule has 17 heavy (non-hydrogen) atoms. The summed E-state index contributed by atoms with van der Waals surface area (Å²) in [5, 5.41) is 3.38. The third kappa shape index (κ3) is 5.28. The Morgan fingerprint density at radius 3 is 2.76 bits per heavy atom. The van der Waals surface area contributed by atoms with Crippen molar-refractivity contribution < 1.29 is 4.74 Å². The number of piperidine rings is 1. The maximum Gasteiger partial charge on any atom is 0.120 e. The van der Waals surface area contributed by atoms with Gasteiger partial charge in [0, 0.05) is 4.47 Å². The lowest BCUT2D eigenvalue weighted by Gasteiger charge is -2.22. The molecule has 1 aromatic carbocycles. The van der Waals surface area contributed by atoms with E-state index in [0.29, 0.717) is 0 Å². The molecule has 1 fully saturated rings. The number of benzene rings is 1. The standard InChI is InChI=1S/C13H18BrNO.ClH/c14-12-2-1-3-13(10-12)16-9-6-11-4-7-15-8-5-11;/h1-3,10-11,15H,4-9H2;1H. The van der Waals surface area contributed by atoms with Gasteiger partial charge in [0.25, 0.3) is 0 Å². The van der Waals surface area contributed by atoms with Crippen molar-refractivity contribution in [2.45, 2.75) is 19.3 Å². The summed E-state index contributed by atoms with van der Waals surface area (Å²) in [5.74, 6) is 1.80. The molecule has 2 rings (SSSR count). The van der Waals surface area contributed by atoms with Crippen LogP contribution in [0.25, 0.3) is 0 Å². The van der Waals surface area contributed by atoms with Gasteiger partial charge in [0.2, 0.25) is 0 Å². The average molecular weight is 321 g/mol. The lowest BCUT2D eigenvalue weighted by atomic mass is 9.95. The van der Waals surface area contributed by atoms with E-state index in [4.69, 9.17) is 4.74 Å². The molecule has 0 aliphatic carbocycles. The summed E-state index contributed by atoms with van der Waals surface area (Å²) in [6.07, 6.45) is 3.76. The van der Waals surface area contributed by atoms with Crippen LogP contribution in [0.3, 0.4) is 0 Å². The van der Waals surface area contributed by atoms with Crippen LogP contribution in [0.4, 0.5) is 0 Å². The van der Waals surface area contributed by atoms with Crippen molar-refractivity contribution in [2.24, 2.45) is 5.92 Å². The summed E-state index contributed by atoms with van der Waals surface area (Å²) in [6, 6.07) is 8.04. The van der Waals surface area contributed by atoms with E-state index in [1.54, 1.807) is 0 Å². The lowest BCUT2D eigenvalue weighted by Crippen LogP contribution is -2.28. The van der Waals surface area contributed by atoms with Crippen molar-refractivity contribution in [1.29, 1.82) is 0 Å². The second-order valence-electron chi connectivity index (χ2n) is 4.29. The number of rotatable bonds is 4. The molecule has 0 atom stereocenters. The van der Waals surface area contributed by atoms with Crippen molar-refractivity contribution in [3.8, 4) is 5.75 Å². The molecular formula is C13H19BrClNO. The van der Waals surface area contributed by atoms with Gasteiger partial charge in [-0.2, -0.15) is 0 Å². The zero-order chi connectivity index (χ0) is 11.2. The highest BCUT2D eigenvalue weighted by Gasteiger charge is 2.12. The van der Waals surface area contributed by atoms with Gasteiger partial charge in [0.1, 0.15) is 5.75 Å². The summed E-state index contributed by atoms with van der Waals surface area (Å²) in [5.41, 5.74) is 0. The highest BCUT2D eigenvalue weighted by atomic mass is 79.9. The molecular weight excluding hydrogens is 302 g/mol. The highest BCUT2D eigenvalue weighted by Crippen LogP contribution is 2.20. The third-order valence-corrected chi connectivity index (χ3v) is 3.54. The van der Waals surface area contributed by atoms with Crippen molar-refractivity contribution in [3.63, 3.8) is 0 Å². The SMILES string of the molecule is Brc1cccc(OCCC2CCNCC2)c1.Cl. The third-order valence-electron chi connectivity index (χ3n) is 3.05. The van der Waals surface area contributed by atoms with Crippen LogP contribution in [-0.2, 0) is 0 Å². The van der Waals surface area contributed by atoms with E-state index in [0.717, 1.165) is 22.7 Å². The van der Waals surface area contributed by atoms with E-state index in [1.165, 1.54) is 32.4 Å².